The minimum absolute atomic E-state index is 0.00663. The zero-order valence-electron chi connectivity index (χ0n) is 25.4. The maximum atomic E-state index is 14.7. The molecule has 234 valence electrons. The molecule has 1 spiro atoms. The Kier molecular flexibility index (Phi) is 8.57. The van der Waals surface area contributed by atoms with E-state index >= 15 is 0 Å². The van der Waals surface area contributed by atoms with Gasteiger partial charge in [0.2, 0.25) is 5.91 Å². The number of nitrogens with zero attached hydrogens (tertiary/aromatic N) is 5. The molecule has 4 atom stereocenters. The molecule has 4 heterocycles. The van der Waals surface area contributed by atoms with Gasteiger partial charge in [0.05, 0.1) is 24.0 Å². The molecule has 3 aliphatic heterocycles. The van der Waals surface area contributed by atoms with Crippen LogP contribution in [0.25, 0.3) is 0 Å². The maximum Gasteiger partial charge on any atom is 0.264 e. The molecule has 12 heteroatoms. The first-order valence-corrected chi connectivity index (χ1v) is 19.3. The molecule has 0 saturated carbocycles. The molecule has 0 aliphatic carbocycles. The molecule has 2 saturated heterocycles. The van der Waals surface area contributed by atoms with Gasteiger partial charge in [-0.05, 0) is 68.3 Å². The van der Waals surface area contributed by atoms with Crippen LogP contribution in [0.5, 0.6) is 0 Å². The third-order valence-corrected chi connectivity index (χ3v) is 12.5. The molecule has 0 unspecified atom stereocenters. The minimum atomic E-state index is -2.80. The van der Waals surface area contributed by atoms with Crippen molar-refractivity contribution in [3.8, 4) is 0 Å². The van der Waals surface area contributed by atoms with E-state index in [2.05, 4.69) is 26.2 Å². The average Bonchev–Trinajstić information content (AvgIpc) is 3.63. The van der Waals surface area contributed by atoms with Crippen LogP contribution >= 0.6 is 15.9 Å². The van der Waals surface area contributed by atoms with Gasteiger partial charge in [0.1, 0.15) is 0 Å². The van der Waals surface area contributed by atoms with Crippen LogP contribution in [0.15, 0.2) is 53.1 Å². The van der Waals surface area contributed by atoms with Gasteiger partial charge in [0.15, 0.2) is 13.9 Å². The molecule has 6 rings (SSSR count). The van der Waals surface area contributed by atoms with Crippen LogP contribution in [0, 0.1) is 5.92 Å². The second-order valence-corrected chi connectivity index (χ2v) is 17.7. The average molecular weight is 683 g/mol. The molecule has 2 amide bonds. The Hall–Kier alpha value is -2.90. The topological polar surface area (TPSA) is 121 Å². The highest BCUT2D eigenvalue weighted by Gasteiger charge is 2.66. The second-order valence-electron chi connectivity index (χ2n) is 12.8. The molecule has 1 aromatic heterocycles. The number of rotatable bonds is 9. The highest BCUT2D eigenvalue weighted by atomic mass is 79.9. The number of ether oxygens (including phenoxy) is 1. The van der Waals surface area contributed by atoms with Crippen LogP contribution in [0.3, 0.4) is 0 Å². The number of hydrogen-bond donors (Lipinski definition) is 2. The number of hydrogen-bond acceptors (Lipinski definition) is 7. The molecular formula is C32H40BrN5O5Si. The lowest BCUT2D eigenvalue weighted by Crippen LogP contribution is -2.46. The third kappa shape index (κ3) is 5.55. The zero-order valence-corrected chi connectivity index (χ0v) is 28.0. The lowest BCUT2D eigenvalue weighted by Gasteiger charge is -2.32. The van der Waals surface area contributed by atoms with Crippen LogP contribution in [0.2, 0.25) is 18.6 Å². The number of fused-ring (bicyclic) bond motifs is 2. The van der Waals surface area contributed by atoms with Gasteiger partial charge in [-0.25, -0.2) is 0 Å². The number of aliphatic hydroxyl groups is 1. The van der Waals surface area contributed by atoms with E-state index in [0.29, 0.717) is 38.0 Å². The Morgan fingerprint density at radius 2 is 1.91 bits per heavy atom. The smallest absolute Gasteiger partial charge is 0.264 e. The first kappa shape index (κ1) is 31.1. The fourth-order valence-corrected chi connectivity index (χ4v) is 10.4. The zero-order chi connectivity index (χ0) is 31.2. The van der Waals surface area contributed by atoms with Gasteiger partial charge in [-0.1, -0.05) is 40.2 Å². The van der Waals surface area contributed by atoms with Crippen LogP contribution in [0.4, 0.5) is 11.4 Å². The van der Waals surface area contributed by atoms with Gasteiger partial charge in [-0.3, -0.25) is 14.3 Å². The molecule has 2 fully saturated rings. The maximum absolute atomic E-state index is 14.7. The van der Waals surface area contributed by atoms with Gasteiger partial charge in [0, 0.05) is 65.9 Å². The lowest BCUT2D eigenvalue weighted by atomic mass is 9.82. The van der Waals surface area contributed by atoms with E-state index in [1.807, 2.05) is 78.5 Å². The number of aliphatic hydroxyl groups excluding tert-OH is 1. The minimum Gasteiger partial charge on any atom is -0.432 e. The van der Waals surface area contributed by atoms with Crippen molar-refractivity contribution in [2.75, 3.05) is 23.0 Å². The van der Waals surface area contributed by atoms with Crippen LogP contribution in [-0.2, 0) is 39.4 Å². The Labute approximate surface area is 267 Å². The fraction of sp³-hybridized carbons (Fsp3) is 0.500. The summed E-state index contributed by atoms with van der Waals surface area (Å²) in [5.74, 6) is -0.232. The first-order chi connectivity index (χ1) is 21.0. The summed E-state index contributed by atoms with van der Waals surface area (Å²) in [5.41, 5.74) is 2.76. The third-order valence-electron chi connectivity index (χ3n) is 9.45. The van der Waals surface area contributed by atoms with Crippen LogP contribution in [0.1, 0.15) is 49.4 Å². The quantitative estimate of drug-likeness (QED) is 0.319. The van der Waals surface area contributed by atoms with E-state index in [0.717, 1.165) is 46.4 Å². The number of aromatic nitrogens is 3. The van der Waals surface area contributed by atoms with Crippen molar-refractivity contribution < 1.29 is 24.2 Å². The van der Waals surface area contributed by atoms with Crippen LogP contribution < -0.4 is 9.80 Å². The fourth-order valence-electron chi connectivity index (χ4n) is 7.46. The molecule has 3 aromatic rings. The van der Waals surface area contributed by atoms with Crippen molar-refractivity contribution in [2.24, 2.45) is 5.92 Å². The molecule has 2 aromatic carbocycles. The Bertz CT molecular complexity index is 1540. The summed E-state index contributed by atoms with van der Waals surface area (Å²) in [5, 5.41) is 17.6. The molecule has 3 aliphatic rings. The van der Waals surface area contributed by atoms with Crippen molar-refractivity contribution in [2.45, 2.75) is 82.5 Å². The number of benzene rings is 2. The van der Waals surface area contributed by atoms with Crippen LogP contribution in [-0.4, -0.2) is 64.3 Å². The number of carbonyl (C=O) groups excluding carboxylic acids is 2. The Morgan fingerprint density at radius 1 is 1.14 bits per heavy atom. The Balaban J connectivity index is 1.29. The predicted molar refractivity (Wildman–Crippen MR) is 173 cm³/mol. The van der Waals surface area contributed by atoms with Crippen molar-refractivity contribution in [3.05, 3.63) is 70.0 Å². The van der Waals surface area contributed by atoms with Crippen molar-refractivity contribution in [1.82, 2.24) is 15.0 Å². The summed E-state index contributed by atoms with van der Waals surface area (Å²) in [6.45, 7) is 7.51. The van der Waals surface area contributed by atoms with E-state index in [1.165, 1.54) is 0 Å². The summed E-state index contributed by atoms with van der Waals surface area (Å²) < 4.78 is 9.52. The second kappa shape index (κ2) is 12.1. The molecular weight excluding hydrogens is 642 g/mol. The molecule has 2 N–H and O–H groups in total. The number of anilines is 2. The van der Waals surface area contributed by atoms with Gasteiger partial charge < -0.3 is 24.4 Å². The van der Waals surface area contributed by atoms with Gasteiger partial charge in [-0.2, -0.15) is 0 Å². The van der Waals surface area contributed by atoms with Gasteiger partial charge >= 0.3 is 0 Å². The summed E-state index contributed by atoms with van der Waals surface area (Å²) in [4.78, 5) is 42.3. The van der Waals surface area contributed by atoms with E-state index in [9.17, 15) is 19.5 Å². The van der Waals surface area contributed by atoms with E-state index in [4.69, 9.17) is 4.74 Å². The summed E-state index contributed by atoms with van der Waals surface area (Å²) in [7, 11) is -2.80. The van der Waals surface area contributed by atoms with Crippen molar-refractivity contribution in [3.63, 3.8) is 0 Å². The molecule has 0 radical (unpaired) electrons. The molecule has 10 nitrogen and oxygen atoms in total. The summed E-state index contributed by atoms with van der Waals surface area (Å²) in [6.07, 6.45) is 4.97. The van der Waals surface area contributed by atoms with E-state index < -0.39 is 13.9 Å². The lowest BCUT2D eigenvalue weighted by molar-refractivity contribution is -0.146. The predicted octanol–water partition coefficient (Wildman–Crippen LogP) is 4.53. The van der Waals surface area contributed by atoms with Crippen molar-refractivity contribution in [1.29, 1.82) is 0 Å². The number of aryl methyl sites for hydroxylation is 1. The summed E-state index contributed by atoms with van der Waals surface area (Å²) in [6, 6.07) is 13.8. The number of piperidine rings is 1. The molecule has 0 bridgehead atoms. The summed E-state index contributed by atoms with van der Waals surface area (Å²) >= 11 is 3.62. The number of carbonyl (C=O) groups is 2. The SMILES string of the molecule is C[C@H]1[C@H]([Si](C)(C)O)[C@@H](CCn2cc(CCO)nn2)O[C@]12C(=O)N(Cc1ccc(N3CCCCC3=O)cc1)c1ccc(Br)cc12. The monoisotopic (exact) mass is 681 g/mol. The van der Waals surface area contributed by atoms with Crippen molar-refractivity contribution >= 4 is 47.4 Å². The first-order valence-electron chi connectivity index (χ1n) is 15.4. The van der Waals surface area contributed by atoms with Gasteiger partial charge in [-0.15, -0.1) is 5.10 Å². The Morgan fingerprint density at radius 3 is 2.61 bits per heavy atom. The normalized spacial score (nSPS) is 25.4. The van der Waals surface area contributed by atoms with E-state index in [-0.39, 0.29) is 36.0 Å². The highest BCUT2D eigenvalue weighted by molar-refractivity contribution is 9.10. The highest BCUT2D eigenvalue weighted by Crippen LogP contribution is 2.60. The largest absolute Gasteiger partial charge is 0.432 e. The van der Waals surface area contributed by atoms with E-state index in [1.54, 1.807) is 4.68 Å². The number of amides is 2. The van der Waals surface area contributed by atoms with Gasteiger partial charge in [0.25, 0.3) is 5.91 Å². The number of halogens is 1. The standard InChI is InChI=1S/C32H40BrN5O5Si/c1-21-30(44(2,3)42)28(13-16-36-20-24(14-17-39)34-35-36)43-32(21)26-18-23(33)9-12-27(26)38(31(32)41)19-22-7-10-25(11-8-22)37-15-5-4-6-29(37)40/h7-12,18,20-21,28,30,39,42H,4-6,13-17,19H2,1-3H3/t21-,28+,30-,32+/m0/s1. The molecule has 44 heavy (non-hydrogen) atoms.